The van der Waals surface area contributed by atoms with Crippen molar-refractivity contribution in [2.45, 2.75) is 12.0 Å². The fraction of sp³-hybridized carbons (Fsp3) is 0.133. The van der Waals surface area contributed by atoms with Crippen LogP contribution < -0.4 is 5.73 Å². The summed E-state index contributed by atoms with van der Waals surface area (Å²) in [7, 11) is 0. The quantitative estimate of drug-likeness (QED) is 0.902. The maximum atomic E-state index is 11.5. The van der Waals surface area contributed by atoms with Crippen LogP contribution in [0.5, 0.6) is 0 Å². The van der Waals surface area contributed by atoms with Gasteiger partial charge in [-0.1, -0.05) is 54.1 Å². The van der Waals surface area contributed by atoms with E-state index in [9.17, 15) is 9.90 Å². The van der Waals surface area contributed by atoms with Gasteiger partial charge in [-0.2, -0.15) is 0 Å². The normalized spacial score (nSPS) is 13.8. The summed E-state index contributed by atoms with van der Waals surface area (Å²) in [5.74, 6) is -1.05. The molecule has 0 amide bonds. The second-order valence-corrected chi connectivity index (χ2v) is 4.88. The van der Waals surface area contributed by atoms with Crippen molar-refractivity contribution in [3.05, 3.63) is 70.7 Å². The molecule has 0 saturated carbocycles. The van der Waals surface area contributed by atoms with E-state index in [1.807, 2.05) is 6.07 Å². The SMILES string of the molecule is N[C@](Cc1ccc(Cl)cc1)(C(=O)O)c1ccccc1. The summed E-state index contributed by atoms with van der Waals surface area (Å²) in [6.07, 6.45) is 0.212. The van der Waals surface area contributed by atoms with Crippen LogP contribution in [0.3, 0.4) is 0 Å². The van der Waals surface area contributed by atoms with Crippen molar-refractivity contribution in [2.24, 2.45) is 5.73 Å². The molecule has 0 fully saturated rings. The van der Waals surface area contributed by atoms with Gasteiger partial charge in [0.15, 0.2) is 0 Å². The van der Waals surface area contributed by atoms with Crippen molar-refractivity contribution in [2.75, 3.05) is 0 Å². The molecule has 0 bridgehead atoms. The fourth-order valence-electron chi connectivity index (χ4n) is 1.96. The van der Waals surface area contributed by atoms with Gasteiger partial charge in [0, 0.05) is 11.4 Å². The smallest absolute Gasteiger partial charge is 0.328 e. The van der Waals surface area contributed by atoms with Gasteiger partial charge in [0.05, 0.1) is 0 Å². The zero-order valence-corrected chi connectivity index (χ0v) is 11.0. The molecule has 2 aromatic rings. The Morgan fingerprint density at radius 3 is 2.21 bits per heavy atom. The highest BCUT2D eigenvalue weighted by Crippen LogP contribution is 2.24. The van der Waals surface area contributed by atoms with Crippen molar-refractivity contribution < 1.29 is 9.90 Å². The minimum Gasteiger partial charge on any atom is -0.480 e. The van der Waals surface area contributed by atoms with Crippen molar-refractivity contribution in [1.82, 2.24) is 0 Å². The molecule has 19 heavy (non-hydrogen) atoms. The van der Waals surface area contributed by atoms with Gasteiger partial charge in [-0.25, -0.2) is 4.79 Å². The van der Waals surface area contributed by atoms with Crippen LogP contribution in [0.1, 0.15) is 11.1 Å². The molecular weight excluding hydrogens is 262 g/mol. The summed E-state index contributed by atoms with van der Waals surface area (Å²) in [4.78, 5) is 11.5. The Hall–Kier alpha value is -1.84. The standard InChI is InChI=1S/C15H14ClNO2/c16-13-8-6-11(7-9-13)10-15(17,14(18)19)12-4-2-1-3-5-12/h1-9H,10,17H2,(H,18,19)/t15-/m0/s1. The lowest BCUT2D eigenvalue weighted by atomic mass is 9.85. The van der Waals surface area contributed by atoms with Crippen LogP contribution in [-0.4, -0.2) is 11.1 Å². The predicted molar refractivity (Wildman–Crippen MR) is 75.1 cm³/mol. The van der Waals surface area contributed by atoms with Crippen LogP contribution in [-0.2, 0) is 16.8 Å². The third-order valence-corrected chi connectivity index (χ3v) is 3.32. The van der Waals surface area contributed by atoms with Crippen LogP contribution in [0, 0.1) is 0 Å². The lowest BCUT2D eigenvalue weighted by Gasteiger charge is -2.25. The molecule has 1 atom stereocenters. The van der Waals surface area contributed by atoms with Crippen LogP contribution in [0.15, 0.2) is 54.6 Å². The van der Waals surface area contributed by atoms with E-state index in [-0.39, 0.29) is 6.42 Å². The Balaban J connectivity index is 2.36. The van der Waals surface area contributed by atoms with Crippen LogP contribution in [0.2, 0.25) is 5.02 Å². The molecule has 0 aliphatic rings. The molecule has 0 radical (unpaired) electrons. The number of carboxylic acids is 1. The van der Waals surface area contributed by atoms with Gasteiger partial charge in [-0.15, -0.1) is 0 Å². The van der Waals surface area contributed by atoms with Crippen molar-refractivity contribution >= 4 is 17.6 Å². The Morgan fingerprint density at radius 1 is 1.11 bits per heavy atom. The van der Waals surface area contributed by atoms with E-state index in [0.717, 1.165) is 5.56 Å². The molecule has 0 heterocycles. The van der Waals surface area contributed by atoms with Crippen molar-refractivity contribution in [3.63, 3.8) is 0 Å². The summed E-state index contributed by atoms with van der Waals surface area (Å²) in [6, 6.07) is 15.9. The third-order valence-electron chi connectivity index (χ3n) is 3.07. The molecule has 4 heteroatoms. The van der Waals surface area contributed by atoms with Gasteiger partial charge >= 0.3 is 5.97 Å². The van der Waals surface area contributed by atoms with E-state index in [4.69, 9.17) is 17.3 Å². The van der Waals surface area contributed by atoms with Crippen LogP contribution in [0.4, 0.5) is 0 Å². The molecule has 0 saturated heterocycles. The second-order valence-electron chi connectivity index (χ2n) is 4.45. The molecule has 3 nitrogen and oxygen atoms in total. The fourth-order valence-corrected chi connectivity index (χ4v) is 2.09. The minimum absolute atomic E-state index is 0.212. The van der Waals surface area contributed by atoms with Crippen LogP contribution >= 0.6 is 11.6 Å². The van der Waals surface area contributed by atoms with Gasteiger partial charge in [0.25, 0.3) is 0 Å². The number of benzene rings is 2. The topological polar surface area (TPSA) is 63.3 Å². The van der Waals surface area contributed by atoms with E-state index in [1.165, 1.54) is 0 Å². The molecule has 0 spiro atoms. The van der Waals surface area contributed by atoms with Gasteiger partial charge in [0.2, 0.25) is 0 Å². The number of nitrogens with two attached hydrogens (primary N) is 1. The van der Waals surface area contributed by atoms with Gasteiger partial charge in [-0.05, 0) is 23.3 Å². The average Bonchev–Trinajstić information content (AvgIpc) is 2.42. The number of hydrogen-bond donors (Lipinski definition) is 2. The second kappa shape index (κ2) is 5.43. The maximum Gasteiger partial charge on any atom is 0.328 e. The van der Waals surface area contributed by atoms with E-state index >= 15 is 0 Å². The molecule has 2 rings (SSSR count). The van der Waals surface area contributed by atoms with Gasteiger partial charge in [-0.3, -0.25) is 0 Å². The molecule has 0 unspecified atom stereocenters. The first-order valence-corrected chi connectivity index (χ1v) is 6.22. The first kappa shape index (κ1) is 13.6. The number of aliphatic carboxylic acids is 1. The first-order valence-electron chi connectivity index (χ1n) is 5.84. The Kier molecular flexibility index (Phi) is 3.88. The molecule has 3 N–H and O–H groups in total. The monoisotopic (exact) mass is 275 g/mol. The number of carboxylic acid groups (broad SMARTS) is 1. The lowest BCUT2D eigenvalue weighted by Crippen LogP contribution is -2.46. The molecule has 0 aliphatic heterocycles. The number of halogens is 1. The molecule has 0 aliphatic carbocycles. The van der Waals surface area contributed by atoms with E-state index in [0.29, 0.717) is 10.6 Å². The number of hydrogen-bond acceptors (Lipinski definition) is 2. The van der Waals surface area contributed by atoms with Crippen molar-refractivity contribution in [3.8, 4) is 0 Å². The number of rotatable bonds is 4. The Labute approximate surface area is 116 Å². The van der Waals surface area contributed by atoms with E-state index < -0.39 is 11.5 Å². The zero-order chi connectivity index (χ0) is 13.9. The van der Waals surface area contributed by atoms with Crippen LogP contribution in [0.25, 0.3) is 0 Å². The lowest BCUT2D eigenvalue weighted by molar-refractivity contribution is -0.143. The molecule has 0 aromatic heterocycles. The zero-order valence-electron chi connectivity index (χ0n) is 10.2. The predicted octanol–water partition coefficient (Wildman–Crippen LogP) is 2.82. The van der Waals surface area contributed by atoms with E-state index in [2.05, 4.69) is 0 Å². The average molecular weight is 276 g/mol. The summed E-state index contributed by atoms with van der Waals surface area (Å²) in [6.45, 7) is 0. The molecular formula is C15H14ClNO2. The van der Waals surface area contributed by atoms with Gasteiger partial charge in [0.1, 0.15) is 5.54 Å². The third kappa shape index (κ3) is 2.95. The molecule has 2 aromatic carbocycles. The Bertz CT molecular complexity index is 568. The summed E-state index contributed by atoms with van der Waals surface area (Å²) < 4.78 is 0. The highest BCUT2D eigenvalue weighted by Gasteiger charge is 2.36. The highest BCUT2D eigenvalue weighted by atomic mass is 35.5. The van der Waals surface area contributed by atoms with Crippen molar-refractivity contribution in [1.29, 1.82) is 0 Å². The van der Waals surface area contributed by atoms with Gasteiger partial charge < -0.3 is 10.8 Å². The summed E-state index contributed by atoms with van der Waals surface area (Å²) >= 11 is 5.81. The molecule has 98 valence electrons. The first-order chi connectivity index (χ1) is 9.02. The Morgan fingerprint density at radius 2 is 1.68 bits per heavy atom. The summed E-state index contributed by atoms with van der Waals surface area (Å²) in [5.41, 5.74) is 6.08. The maximum absolute atomic E-state index is 11.5. The minimum atomic E-state index is -1.44. The summed E-state index contributed by atoms with van der Waals surface area (Å²) in [5, 5.41) is 10.1. The van der Waals surface area contributed by atoms with E-state index in [1.54, 1.807) is 48.5 Å². The highest BCUT2D eigenvalue weighted by molar-refractivity contribution is 6.30. The number of carbonyl (C=O) groups is 1. The largest absolute Gasteiger partial charge is 0.480 e.